The Balaban J connectivity index is 1.76. The molecule has 0 bridgehead atoms. The summed E-state index contributed by atoms with van der Waals surface area (Å²) in [5.74, 6) is 0. The standard InChI is InChI=1S/C14H20N2O2/c15-12-3-1-9-16(13(12)17)11-4-7-14(8-5-11)6-2-10-18-14/h1,3,9,11H,2,4-8,10,15H2. The van der Waals surface area contributed by atoms with Crippen LogP contribution in [0.5, 0.6) is 0 Å². The molecular formula is C14H20N2O2. The molecule has 1 aromatic rings. The Labute approximate surface area is 107 Å². The van der Waals surface area contributed by atoms with E-state index in [1.165, 1.54) is 12.8 Å². The topological polar surface area (TPSA) is 57.2 Å². The maximum absolute atomic E-state index is 12.0. The van der Waals surface area contributed by atoms with E-state index in [1.54, 1.807) is 10.6 Å². The first-order valence-corrected chi connectivity index (χ1v) is 6.81. The molecule has 0 amide bonds. The van der Waals surface area contributed by atoms with E-state index in [1.807, 2.05) is 12.3 Å². The van der Waals surface area contributed by atoms with Crippen molar-refractivity contribution >= 4 is 5.69 Å². The maximum Gasteiger partial charge on any atom is 0.273 e. The van der Waals surface area contributed by atoms with Gasteiger partial charge in [-0.15, -0.1) is 0 Å². The molecule has 1 aliphatic heterocycles. The third-order valence-corrected chi connectivity index (χ3v) is 4.45. The number of ether oxygens (including phenoxy) is 1. The molecule has 4 heteroatoms. The summed E-state index contributed by atoms with van der Waals surface area (Å²) in [7, 11) is 0. The monoisotopic (exact) mass is 248 g/mol. The Bertz CT molecular complexity index is 479. The summed E-state index contributed by atoms with van der Waals surface area (Å²) in [6.45, 7) is 0.906. The molecule has 4 nitrogen and oxygen atoms in total. The summed E-state index contributed by atoms with van der Waals surface area (Å²) in [5, 5.41) is 0. The second-order valence-corrected chi connectivity index (χ2v) is 5.54. The minimum Gasteiger partial charge on any atom is -0.394 e. The van der Waals surface area contributed by atoms with Crippen LogP contribution in [0.15, 0.2) is 23.1 Å². The molecule has 0 aromatic carbocycles. The summed E-state index contributed by atoms with van der Waals surface area (Å²) in [5.41, 5.74) is 6.10. The average Bonchev–Trinajstić information content (AvgIpc) is 2.83. The number of nitrogens with two attached hydrogens (primary N) is 1. The maximum atomic E-state index is 12.0. The first kappa shape index (κ1) is 11.8. The molecule has 0 atom stereocenters. The van der Waals surface area contributed by atoms with Crippen LogP contribution >= 0.6 is 0 Å². The molecule has 2 N–H and O–H groups in total. The van der Waals surface area contributed by atoms with Crippen molar-refractivity contribution in [2.75, 3.05) is 12.3 Å². The van der Waals surface area contributed by atoms with Crippen LogP contribution in [-0.2, 0) is 4.74 Å². The molecule has 1 aromatic heterocycles. The molecule has 0 radical (unpaired) electrons. The largest absolute Gasteiger partial charge is 0.394 e. The van der Waals surface area contributed by atoms with Crippen molar-refractivity contribution in [1.82, 2.24) is 4.57 Å². The highest BCUT2D eigenvalue weighted by Crippen LogP contribution is 2.42. The van der Waals surface area contributed by atoms with E-state index in [4.69, 9.17) is 10.5 Å². The van der Waals surface area contributed by atoms with Gasteiger partial charge < -0.3 is 15.0 Å². The minimum absolute atomic E-state index is 0.0502. The molecular weight excluding hydrogens is 228 g/mol. The second-order valence-electron chi connectivity index (χ2n) is 5.54. The van der Waals surface area contributed by atoms with Gasteiger partial charge in [-0.05, 0) is 50.7 Å². The van der Waals surface area contributed by atoms with Gasteiger partial charge in [0.25, 0.3) is 5.56 Å². The number of pyridine rings is 1. The number of hydrogen-bond acceptors (Lipinski definition) is 3. The molecule has 1 spiro atoms. The van der Waals surface area contributed by atoms with Crippen LogP contribution in [0.2, 0.25) is 0 Å². The van der Waals surface area contributed by atoms with Crippen LogP contribution in [0.1, 0.15) is 44.6 Å². The zero-order valence-electron chi connectivity index (χ0n) is 10.6. The number of rotatable bonds is 1. The van der Waals surface area contributed by atoms with E-state index in [-0.39, 0.29) is 17.2 Å². The average molecular weight is 248 g/mol. The molecule has 3 rings (SSSR count). The van der Waals surface area contributed by atoms with Gasteiger partial charge in [0.1, 0.15) is 0 Å². The van der Waals surface area contributed by atoms with Gasteiger partial charge >= 0.3 is 0 Å². The van der Waals surface area contributed by atoms with Crippen LogP contribution in [0, 0.1) is 0 Å². The molecule has 98 valence electrons. The van der Waals surface area contributed by atoms with Crippen molar-refractivity contribution in [2.24, 2.45) is 0 Å². The fourth-order valence-corrected chi connectivity index (χ4v) is 3.37. The molecule has 0 unspecified atom stereocenters. The molecule has 2 fully saturated rings. The zero-order chi connectivity index (χ0) is 12.6. The summed E-state index contributed by atoms with van der Waals surface area (Å²) in [6, 6.07) is 3.81. The third-order valence-electron chi connectivity index (χ3n) is 4.45. The Morgan fingerprint density at radius 1 is 1.33 bits per heavy atom. The first-order valence-electron chi connectivity index (χ1n) is 6.81. The predicted octanol–water partition coefficient (Wildman–Crippen LogP) is 2.09. The zero-order valence-corrected chi connectivity index (χ0v) is 10.6. The van der Waals surface area contributed by atoms with Crippen LogP contribution in [-0.4, -0.2) is 16.8 Å². The first-order chi connectivity index (χ1) is 8.70. The molecule has 18 heavy (non-hydrogen) atoms. The summed E-state index contributed by atoms with van der Waals surface area (Å²) < 4.78 is 7.71. The third kappa shape index (κ3) is 1.94. The van der Waals surface area contributed by atoms with Crippen LogP contribution in [0.25, 0.3) is 0 Å². The van der Waals surface area contributed by atoms with Crippen molar-refractivity contribution in [3.63, 3.8) is 0 Å². The lowest BCUT2D eigenvalue weighted by Gasteiger charge is -2.37. The van der Waals surface area contributed by atoms with Crippen molar-refractivity contribution in [3.05, 3.63) is 28.7 Å². The Hall–Kier alpha value is -1.29. The highest BCUT2D eigenvalue weighted by molar-refractivity contribution is 5.33. The van der Waals surface area contributed by atoms with Crippen LogP contribution in [0.4, 0.5) is 5.69 Å². The van der Waals surface area contributed by atoms with Gasteiger partial charge in [-0.1, -0.05) is 0 Å². The van der Waals surface area contributed by atoms with Gasteiger partial charge in [0.05, 0.1) is 11.3 Å². The summed E-state index contributed by atoms with van der Waals surface area (Å²) in [6.07, 6.45) is 8.40. The number of nitrogen functional groups attached to an aromatic ring is 1. The molecule has 1 aliphatic carbocycles. The van der Waals surface area contributed by atoms with E-state index in [2.05, 4.69) is 0 Å². The van der Waals surface area contributed by atoms with Crippen molar-refractivity contribution in [2.45, 2.75) is 50.2 Å². The Kier molecular flexibility index (Phi) is 2.90. The van der Waals surface area contributed by atoms with Crippen LogP contribution in [0.3, 0.4) is 0 Å². The second kappa shape index (κ2) is 4.43. The van der Waals surface area contributed by atoms with Gasteiger partial charge in [-0.2, -0.15) is 0 Å². The lowest BCUT2D eigenvalue weighted by atomic mass is 9.80. The molecule has 1 saturated heterocycles. The fraction of sp³-hybridized carbons (Fsp3) is 0.643. The summed E-state index contributed by atoms with van der Waals surface area (Å²) >= 11 is 0. The van der Waals surface area contributed by atoms with Gasteiger partial charge in [-0.25, -0.2) is 0 Å². The van der Waals surface area contributed by atoms with E-state index >= 15 is 0 Å². The number of anilines is 1. The van der Waals surface area contributed by atoms with E-state index in [9.17, 15) is 4.79 Å². The number of aromatic nitrogens is 1. The van der Waals surface area contributed by atoms with Crippen molar-refractivity contribution in [3.8, 4) is 0 Å². The van der Waals surface area contributed by atoms with E-state index in [0.717, 1.165) is 32.3 Å². The number of nitrogens with zero attached hydrogens (tertiary/aromatic N) is 1. The normalized spacial score (nSPS) is 31.9. The number of hydrogen-bond donors (Lipinski definition) is 1. The van der Waals surface area contributed by atoms with E-state index in [0.29, 0.717) is 5.69 Å². The van der Waals surface area contributed by atoms with Crippen molar-refractivity contribution in [1.29, 1.82) is 0 Å². The molecule has 1 saturated carbocycles. The van der Waals surface area contributed by atoms with Crippen molar-refractivity contribution < 1.29 is 4.74 Å². The predicted molar refractivity (Wildman–Crippen MR) is 70.5 cm³/mol. The quantitative estimate of drug-likeness (QED) is 0.828. The van der Waals surface area contributed by atoms with Gasteiger partial charge in [0.2, 0.25) is 0 Å². The highest BCUT2D eigenvalue weighted by Gasteiger charge is 2.39. The summed E-state index contributed by atoms with van der Waals surface area (Å²) in [4.78, 5) is 12.0. The highest BCUT2D eigenvalue weighted by atomic mass is 16.5. The lowest BCUT2D eigenvalue weighted by molar-refractivity contribution is -0.0334. The fourth-order valence-electron chi connectivity index (χ4n) is 3.37. The van der Waals surface area contributed by atoms with Crippen LogP contribution < -0.4 is 11.3 Å². The van der Waals surface area contributed by atoms with E-state index < -0.39 is 0 Å². The smallest absolute Gasteiger partial charge is 0.273 e. The Morgan fingerprint density at radius 3 is 2.78 bits per heavy atom. The minimum atomic E-state index is -0.0502. The SMILES string of the molecule is Nc1cccn(C2CCC3(CCCO3)CC2)c1=O. The molecule has 2 aliphatic rings. The Morgan fingerprint density at radius 2 is 2.11 bits per heavy atom. The lowest BCUT2D eigenvalue weighted by Crippen LogP contribution is -2.36. The molecule has 2 heterocycles. The van der Waals surface area contributed by atoms with Gasteiger partial charge in [0, 0.05) is 18.8 Å². The van der Waals surface area contributed by atoms with Gasteiger partial charge in [-0.3, -0.25) is 4.79 Å². The van der Waals surface area contributed by atoms with Gasteiger partial charge in [0.15, 0.2) is 0 Å².